The van der Waals surface area contributed by atoms with Crippen LogP contribution in [0.3, 0.4) is 0 Å². The summed E-state index contributed by atoms with van der Waals surface area (Å²) in [6.45, 7) is 2.75. The first kappa shape index (κ1) is 24.2. The fourth-order valence-corrected chi connectivity index (χ4v) is 3.95. The lowest BCUT2D eigenvalue weighted by Crippen LogP contribution is -2.45. The van der Waals surface area contributed by atoms with Gasteiger partial charge < -0.3 is 19.5 Å². The van der Waals surface area contributed by atoms with Crippen molar-refractivity contribution < 1.29 is 32.2 Å². The quantitative estimate of drug-likeness (QED) is 0.533. The van der Waals surface area contributed by atoms with Gasteiger partial charge in [-0.25, -0.2) is 8.42 Å². The lowest BCUT2D eigenvalue weighted by atomic mass is 10.1. The smallest absolute Gasteiger partial charge is 0.324 e. The molecule has 1 atom stereocenters. The molecule has 0 saturated carbocycles. The number of ether oxygens (including phenoxy) is 3. The van der Waals surface area contributed by atoms with Crippen LogP contribution in [0, 0.1) is 5.92 Å². The van der Waals surface area contributed by atoms with E-state index in [0.717, 1.165) is 0 Å². The van der Waals surface area contributed by atoms with Crippen LogP contribution in [0.5, 0.6) is 11.5 Å². The number of rotatable bonds is 10. The average molecular weight is 451 g/mol. The van der Waals surface area contributed by atoms with Gasteiger partial charge in [0, 0.05) is 23.9 Å². The number of carbonyl (C=O) groups excluding carboxylic acids is 2. The lowest BCUT2D eigenvalue weighted by molar-refractivity contribution is -0.150. The predicted molar refractivity (Wildman–Crippen MR) is 115 cm³/mol. The van der Waals surface area contributed by atoms with Gasteiger partial charge in [0.2, 0.25) is 10.0 Å². The van der Waals surface area contributed by atoms with Crippen molar-refractivity contribution in [3.63, 3.8) is 0 Å². The highest BCUT2D eigenvalue weighted by Gasteiger charge is 2.30. The minimum absolute atomic E-state index is 0.0261. The molecule has 1 amide bonds. The minimum Gasteiger partial charge on any atom is -0.497 e. The molecule has 0 radical (unpaired) electrons. The molecule has 2 aromatic carbocycles. The van der Waals surface area contributed by atoms with E-state index in [4.69, 9.17) is 14.2 Å². The predicted octanol–water partition coefficient (Wildman–Crippen LogP) is 2.19. The highest BCUT2D eigenvalue weighted by Crippen LogP contribution is 2.25. The van der Waals surface area contributed by atoms with Gasteiger partial charge in [0.05, 0.1) is 19.1 Å². The van der Waals surface area contributed by atoms with Crippen molar-refractivity contribution in [1.29, 1.82) is 0 Å². The molecule has 9 nitrogen and oxygen atoms in total. The van der Waals surface area contributed by atoms with E-state index in [1.165, 1.54) is 26.4 Å². The first-order valence-electron chi connectivity index (χ1n) is 9.43. The zero-order valence-electron chi connectivity index (χ0n) is 17.7. The molecule has 0 spiro atoms. The molecule has 2 N–H and O–H groups in total. The van der Waals surface area contributed by atoms with Gasteiger partial charge in [-0.3, -0.25) is 9.59 Å². The van der Waals surface area contributed by atoms with Gasteiger partial charge in [0.25, 0.3) is 5.91 Å². The molecular weight excluding hydrogens is 424 g/mol. The van der Waals surface area contributed by atoms with E-state index in [2.05, 4.69) is 10.0 Å². The molecule has 0 heterocycles. The third kappa shape index (κ3) is 6.97. The zero-order chi connectivity index (χ0) is 23.0. The summed E-state index contributed by atoms with van der Waals surface area (Å²) in [5, 5.41) is 2.57. The Kier molecular flexibility index (Phi) is 8.40. The van der Waals surface area contributed by atoms with Gasteiger partial charge in [-0.15, -0.1) is 0 Å². The third-order valence-corrected chi connectivity index (χ3v) is 5.69. The van der Waals surface area contributed by atoms with Crippen LogP contribution in [0.25, 0.3) is 0 Å². The van der Waals surface area contributed by atoms with E-state index < -0.39 is 40.5 Å². The summed E-state index contributed by atoms with van der Waals surface area (Å²) < 4.78 is 42.7. The number of nitrogens with one attached hydrogen (secondary N) is 2. The van der Waals surface area contributed by atoms with Crippen molar-refractivity contribution >= 4 is 27.6 Å². The molecule has 0 unspecified atom stereocenters. The van der Waals surface area contributed by atoms with Crippen LogP contribution < -0.4 is 19.5 Å². The SMILES string of the molecule is COc1cc(NC(=O)COC(=O)[C@H](NS(=O)(=O)c2ccccc2)C(C)C)cc(OC)c1. The van der Waals surface area contributed by atoms with E-state index in [-0.39, 0.29) is 4.90 Å². The average Bonchev–Trinajstić information content (AvgIpc) is 2.75. The van der Waals surface area contributed by atoms with Gasteiger partial charge in [-0.05, 0) is 18.1 Å². The van der Waals surface area contributed by atoms with Crippen molar-refractivity contribution in [2.75, 3.05) is 26.1 Å². The summed E-state index contributed by atoms with van der Waals surface area (Å²) >= 11 is 0. The molecule has 0 aliphatic carbocycles. The van der Waals surface area contributed by atoms with Crippen molar-refractivity contribution in [2.24, 2.45) is 5.92 Å². The van der Waals surface area contributed by atoms with Crippen LogP contribution in [-0.2, 0) is 24.3 Å². The summed E-state index contributed by atoms with van der Waals surface area (Å²) in [6.07, 6.45) is 0. The Morgan fingerprint density at radius 3 is 2.06 bits per heavy atom. The molecule has 0 aliphatic rings. The number of benzene rings is 2. The Morgan fingerprint density at radius 1 is 0.968 bits per heavy atom. The van der Waals surface area contributed by atoms with E-state index in [1.807, 2.05) is 0 Å². The van der Waals surface area contributed by atoms with Crippen molar-refractivity contribution in [2.45, 2.75) is 24.8 Å². The van der Waals surface area contributed by atoms with Gasteiger partial charge >= 0.3 is 5.97 Å². The molecule has 0 fully saturated rings. The minimum atomic E-state index is -3.93. The number of methoxy groups -OCH3 is 2. The summed E-state index contributed by atoms with van der Waals surface area (Å²) in [4.78, 5) is 24.7. The molecular formula is C21H26N2O7S. The fraction of sp³-hybridized carbons (Fsp3) is 0.333. The molecule has 2 aromatic rings. The topological polar surface area (TPSA) is 120 Å². The number of anilines is 1. The number of hydrogen-bond donors (Lipinski definition) is 2. The van der Waals surface area contributed by atoms with Gasteiger partial charge in [0.1, 0.15) is 17.5 Å². The second-order valence-electron chi connectivity index (χ2n) is 6.91. The maximum atomic E-state index is 12.5. The second-order valence-corrected chi connectivity index (χ2v) is 8.63. The second kappa shape index (κ2) is 10.8. The highest BCUT2D eigenvalue weighted by atomic mass is 32.2. The third-order valence-electron chi connectivity index (χ3n) is 4.24. The maximum Gasteiger partial charge on any atom is 0.324 e. The molecule has 10 heteroatoms. The van der Waals surface area contributed by atoms with Gasteiger partial charge in [-0.2, -0.15) is 4.72 Å². The maximum absolute atomic E-state index is 12.5. The standard InChI is InChI=1S/C21H26N2O7S/c1-14(2)20(23-31(26,27)18-8-6-5-7-9-18)21(25)30-13-19(24)22-15-10-16(28-3)12-17(11-15)29-4/h5-12,14,20,23H,13H2,1-4H3,(H,22,24)/t20-/m1/s1. The number of esters is 1. The first-order chi connectivity index (χ1) is 14.7. The van der Waals surface area contributed by atoms with Crippen LogP contribution >= 0.6 is 0 Å². The van der Waals surface area contributed by atoms with E-state index in [0.29, 0.717) is 17.2 Å². The number of sulfonamides is 1. The fourth-order valence-electron chi connectivity index (χ4n) is 2.59. The van der Waals surface area contributed by atoms with E-state index >= 15 is 0 Å². The normalized spacial score (nSPS) is 12.2. The summed E-state index contributed by atoms with van der Waals surface area (Å²) in [5.74, 6) is -0.912. The number of hydrogen-bond acceptors (Lipinski definition) is 7. The Hall–Kier alpha value is -3.11. The van der Waals surface area contributed by atoms with E-state index in [1.54, 1.807) is 50.2 Å². The highest BCUT2D eigenvalue weighted by molar-refractivity contribution is 7.89. The molecule has 168 valence electrons. The van der Waals surface area contributed by atoms with Crippen LogP contribution in [-0.4, -0.2) is 47.2 Å². The molecule has 0 aromatic heterocycles. The van der Waals surface area contributed by atoms with Crippen LogP contribution in [0.2, 0.25) is 0 Å². The van der Waals surface area contributed by atoms with Crippen molar-refractivity contribution in [3.8, 4) is 11.5 Å². The van der Waals surface area contributed by atoms with E-state index in [9.17, 15) is 18.0 Å². The monoisotopic (exact) mass is 450 g/mol. The van der Waals surface area contributed by atoms with Gasteiger partial charge in [-0.1, -0.05) is 32.0 Å². The van der Waals surface area contributed by atoms with Crippen molar-refractivity contribution in [1.82, 2.24) is 4.72 Å². The molecule has 0 saturated heterocycles. The lowest BCUT2D eigenvalue weighted by Gasteiger charge is -2.20. The van der Waals surface area contributed by atoms with Crippen molar-refractivity contribution in [3.05, 3.63) is 48.5 Å². The zero-order valence-corrected chi connectivity index (χ0v) is 18.6. The van der Waals surface area contributed by atoms with Gasteiger partial charge in [0.15, 0.2) is 6.61 Å². The Labute approximate surface area is 181 Å². The number of amides is 1. The molecule has 2 rings (SSSR count). The van der Waals surface area contributed by atoms with Crippen LogP contribution in [0.15, 0.2) is 53.4 Å². The summed E-state index contributed by atoms with van der Waals surface area (Å²) in [6, 6.07) is 11.3. The van der Waals surface area contributed by atoms with Crippen LogP contribution in [0.4, 0.5) is 5.69 Å². The Morgan fingerprint density at radius 2 is 1.55 bits per heavy atom. The Bertz CT molecular complexity index is 985. The summed E-state index contributed by atoms with van der Waals surface area (Å²) in [5.41, 5.74) is 0.391. The first-order valence-corrected chi connectivity index (χ1v) is 10.9. The summed E-state index contributed by atoms with van der Waals surface area (Å²) in [7, 11) is -0.977. The largest absolute Gasteiger partial charge is 0.497 e. The molecule has 0 bridgehead atoms. The molecule has 31 heavy (non-hydrogen) atoms. The number of carbonyl (C=O) groups is 2. The molecule has 0 aliphatic heterocycles. The van der Waals surface area contributed by atoms with Crippen LogP contribution in [0.1, 0.15) is 13.8 Å². The Balaban J connectivity index is 2.01.